The van der Waals surface area contributed by atoms with Gasteiger partial charge in [-0.25, -0.2) is 0 Å². The van der Waals surface area contributed by atoms with Crippen molar-refractivity contribution < 1.29 is 5.11 Å². The van der Waals surface area contributed by atoms with Gasteiger partial charge in [0.05, 0.1) is 13.2 Å². The molecule has 0 amide bonds. The first-order chi connectivity index (χ1) is 10.3. The van der Waals surface area contributed by atoms with Crippen LogP contribution >= 0.6 is 24.0 Å². The number of guanidine groups is 1. The second-order valence-electron chi connectivity index (χ2n) is 4.97. The lowest BCUT2D eigenvalue weighted by Gasteiger charge is -2.10. The van der Waals surface area contributed by atoms with E-state index in [4.69, 9.17) is 5.11 Å². The maximum atomic E-state index is 8.84. The average Bonchev–Trinajstić information content (AvgIpc) is 2.89. The normalized spacial score (nSPS) is 11.3. The van der Waals surface area contributed by atoms with E-state index in [-0.39, 0.29) is 30.6 Å². The fourth-order valence-electron chi connectivity index (χ4n) is 2.39. The van der Waals surface area contributed by atoms with E-state index in [0.717, 1.165) is 25.5 Å². The Bertz CT molecular complexity index is 609. The van der Waals surface area contributed by atoms with Crippen LogP contribution in [0.25, 0.3) is 10.9 Å². The Balaban J connectivity index is 0.00000242. The number of aliphatic hydroxyl groups excluding tert-OH is 1. The van der Waals surface area contributed by atoms with Gasteiger partial charge in [-0.2, -0.15) is 0 Å². The van der Waals surface area contributed by atoms with Crippen molar-refractivity contribution in [2.75, 3.05) is 26.2 Å². The van der Waals surface area contributed by atoms with Gasteiger partial charge in [0.15, 0.2) is 5.96 Å². The highest BCUT2D eigenvalue weighted by atomic mass is 127. The first kappa shape index (κ1) is 18.8. The number of aliphatic hydroxyl groups is 1. The molecule has 0 bridgehead atoms. The van der Waals surface area contributed by atoms with Crippen molar-refractivity contribution in [1.29, 1.82) is 0 Å². The summed E-state index contributed by atoms with van der Waals surface area (Å²) in [5.74, 6) is 0.752. The van der Waals surface area contributed by atoms with Crippen LogP contribution in [-0.4, -0.2) is 42.3 Å². The smallest absolute Gasteiger partial charge is 0.191 e. The number of fused-ring (bicyclic) bond motifs is 1. The number of hydrogen-bond acceptors (Lipinski definition) is 2. The van der Waals surface area contributed by atoms with Crippen LogP contribution in [0, 0.1) is 6.92 Å². The molecule has 0 aliphatic rings. The number of hydrogen-bond donors (Lipinski definition) is 4. The van der Waals surface area contributed by atoms with Crippen LogP contribution in [0.4, 0.5) is 0 Å². The third-order valence-electron chi connectivity index (χ3n) is 3.41. The summed E-state index contributed by atoms with van der Waals surface area (Å²) < 4.78 is 0. The number of aromatic amines is 1. The lowest BCUT2D eigenvalue weighted by Crippen LogP contribution is -2.38. The second kappa shape index (κ2) is 9.68. The first-order valence-corrected chi connectivity index (χ1v) is 7.45. The lowest BCUT2D eigenvalue weighted by molar-refractivity contribution is 0.306. The standard InChI is InChI=1S/C16H24N4O.HI/c1-3-17-16(19-9-10-21)18-8-7-13-11-20-15-12(2)5-4-6-14(13)15;/h4-6,11,20-21H,3,7-10H2,1-2H3,(H2,17,18,19);1H. The lowest BCUT2D eigenvalue weighted by atomic mass is 10.1. The highest BCUT2D eigenvalue weighted by Crippen LogP contribution is 2.21. The van der Waals surface area contributed by atoms with Gasteiger partial charge in [-0.05, 0) is 31.4 Å². The number of aliphatic imine (C=N–C) groups is 1. The molecule has 5 nitrogen and oxygen atoms in total. The third-order valence-corrected chi connectivity index (χ3v) is 3.41. The maximum Gasteiger partial charge on any atom is 0.191 e. The number of para-hydroxylation sites is 1. The molecule has 0 aliphatic carbocycles. The van der Waals surface area contributed by atoms with Gasteiger partial charge < -0.3 is 20.7 Å². The summed E-state index contributed by atoms with van der Waals surface area (Å²) in [5.41, 5.74) is 3.79. The van der Waals surface area contributed by atoms with Crippen molar-refractivity contribution in [2.45, 2.75) is 20.3 Å². The summed E-state index contributed by atoms with van der Waals surface area (Å²) in [6.45, 7) is 6.24. The molecule has 22 heavy (non-hydrogen) atoms. The second-order valence-corrected chi connectivity index (χ2v) is 4.97. The molecule has 0 radical (unpaired) electrons. The fourth-order valence-corrected chi connectivity index (χ4v) is 2.39. The fraction of sp³-hybridized carbons (Fsp3) is 0.438. The number of benzene rings is 1. The molecule has 2 aromatic rings. The van der Waals surface area contributed by atoms with Crippen molar-refractivity contribution in [3.8, 4) is 0 Å². The minimum Gasteiger partial charge on any atom is -0.394 e. The molecule has 0 saturated carbocycles. The zero-order valence-corrected chi connectivity index (χ0v) is 15.5. The van der Waals surface area contributed by atoms with Crippen LogP contribution in [0.3, 0.4) is 0 Å². The van der Waals surface area contributed by atoms with Crippen molar-refractivity contribution in [2.24, 2.45) is 4.99 Å². The molecule has 1 aromatic carbocycles. The summed E-state index contributed by atoms with van der Waals surface area (Å²) in [6.07, 6.45) is 3.00. The van der Waals surface area contributed by atoms with Gasteiger partial charge in [0.1, 0.15) is 0 Å². The minimum absolute atomic E-state index is 0. The third kappa shape index (κ3) is 4.88. The van der Waals surface area contributed by atoms with E-state index in [1.807, 2.05) is 6.92 Å². The van der Waals surface area contributed by atoms with Crippen molar-refractivity contribution >= 4 is 40.8 Å². The molecule has 0 saturated heterocycles. The van der Waals surface area contributed by atoms with E-state index >= 15 is 0 Å². The van der Waals surface area contributed by atoms with Crippen molar-refractivity contribution in [1.82, 2.24) is 15.6 Å². The van der Waals surface area contributed by atoms with E-state index in [0.29, 0.717) is 6.54 Å². The Morgan fingerprint density at radius 3 is 2.86 bits per heavy atom. The van der Waals surface area contributed by atoms with E-state index in [1.54, 1.807) is 0 Å². The highest BCUT2D eigenvalue weighted by molar-refractivity contribution is 14.0. The average molecular weight is 416 g/mol. The minimum atomic E-state index is 0. The molecule has 6 heteroatoms. The van der Waals surface area contributed by atoms with Gasteiger partial charge in [0.25, 0.3) is 0 Å². The molecule has 122 valence electrons. The molecule has 0 atom stereocenters. The van der Waals surface area contributed by atoms with Gasteiger partial charge in [-0.1, -0.05) is 18.2 Å². The topological polar surface area (TPSA) is 72.4 Å². The summed E-state index contributed by atoms with van der Waals surface area (Å²) in [4.78, 5) is 7.61. The first-order valence-electron chi connectivity index (χ1n) is 7.45. The van der Waals surface area contributed by atoms with Crippen molar-refractivity contribution in [3.05, 3.63) is 35.5 Å². The van der Waals surface area contributed by atoms with Crippen LogP contribution < -0.4 is 10.6 Å². The van der Waals surface area contributed by atoms with Crippen LogP contribution in [0.1, 0.15) is 18.1 Å². The molecule has 0 spiro atoms. The van der Waals surface area contributed by atoms with Crippen LogP contribution in [0.5, 0.6) is 0 Å². The Hall–Kier alpha value is -1.28. The quantitative estimate of drug-likeness (QED) is 0.332. The van der Waals surface area contributed by atoms with E-state index < -0.39 is 0 Å². The number of halogens is 1. The molecule has 4 N–H and O–H groups in total. The van der Waals surface area contributed by atoms with Gasteiger partial charge in [0.2, 0.25) is 0 Å². The Labute approximate surface area is 148 Å². The summed E-state index contributed by atoms with van der Waals surface area (Å²) >= 11 is 0. The van der Waals surface area contributed by atoms with E-state index in [9.17, 15) is 0 Å². The molecule has 2 rings (SSSR count). The van der Waals surface area contributed by atoms with Gasteiger partial charge in [0, 0.05) is 30.2 Å². The summed E-state index contributed by atoms with van der Waals surface area (Å²) in [5, 5.41) is 16.6. The summed E-state index contributed by atoms with van der Waals surface area (Å²) in [6, 6.07) is 6.36. The molecule has 0 aliphatic heterocycles. The predicted molar refractivity (Wildman–Crippen MR) is 103 cm³/mol. The number of nitrogens with one attached hydrogen (secondary N) is 3. The molecule has 1 aromatic heterocycles. The SMILES string of the molecule is CCNC(=NCCO)NCCc1c[nH]c2c(C)cccc12.I. The molecular weight excluding hydrogens is 391 g/mol. The van der Waals surface area contributed by atoms with E-state index in [1.165, 1.54) is 22.0 Å². The Morgan fingerprint density at radius 2 is 2.14 bits per heavy atom. The Kier molecular flexibility index (Phi) is 8.26. The Morgan fingerprint density at radius 1 is 1.32 bits per heavy atom. The number of rotatable bonds is 6. The van der Waals surface area contributed by atoms with Gasteiger partial charge >= 0.3 is 0 Å². The van der Waals surface area contributed by atoms with E-state index in [2.05, 4.69) is 51.9 Å². The zero-order chi connectivity index (χ0) is 15.1. The highest BCUT2D eigenvalue weighted by Gasteiger charge is 2.05. The summed E-state index contributed by atoms with van der Waals surface area (Å²) in [7, 11) is 0. The maximum absolute atomic E-state index is 8.84. The molecule has 0 fully saturated rings. The molecular formula is C16H25IN4O. The molecule has 0 unspecified atom stereocenters. The zero-order valence-electron chi connectivity index (χ0n) is 13.1. The van der Waals surface area contributed by atoms with Crippen LogP contribution in [0.2, 0.25) is 0 Å². The largest absolute Gasteiger partial charge is 0.394 e. The predicted octanol–water partition coefficient (Wildman–Crippen LogP) is 2.18. The van der Waals surface area contributed by atoms with Crippen molar-refractivity contribution in [3.63, 3.8) is 0 Å². The van der Waals surface area contributed by atoms with Crippen LogP contribution in [-0.2, 0) is 6.42 Å². The molecule has 1 heterocycles. The van der Waals surface area contributed by atoms with Crippen LogP contribution in [0.15, 0.2) is 29.4 Å². The number of aromatic nitrogens is 1. The number of aryl methyl sites for hydroxylation is 1. The number of nitrogens with zero attached hydrogens (tertiary/aromatic N) is 1. The monoisotopic (exact) mass is 416 g/mol. The van der Waals surface area contributed by atoms with Gasteiger partial charge in [-0.3, -0.25) is 4.99 Å². The number of H-pyrrole nitrogens is 1. The van der Waals surface area contributed by atoms with Gasteiger partial charge in [-0.15, -0.1) is 24.0 Å².